The third kappa shape index (κ3) is 1.78. The summed E-state index contributed by atoms with van der Waals surface area (Å²) in [5, 5.41) is 2.52. The minimum atomic E-state index is 1.07. The zero-order valence-corrected chi connectivity index (χ0v) is 10.6. The summed E-state index contributed by atoms with van der Waals surface area (Å²) < 4.78 is 0. The monoisotopic (exact) mass is 233 g/mol. The zero-order valence-electron chi connectivity index (χ0n) is 10.6. The maximum absolute atomic E-state index is 4.57. The van der Waals surface area contributed by atoms with Gasteiger partial charge in [0.25, 0.3) is 0 Å². The van der Waals surface area contributed by atoms with Crippen molar-refractivity contribution in [1.82, 2.24) is 4.98 Å². The van der Waals surface area contributed by atoms with Gasteiger partial charge in [0.1, 0.15) is 0 Å². The molecule has 0 aliphatic carbocycles. The van der Waals surface area contributed by atoms with Gasteiger partial charge >= 0.3 is 0 Å². The lowest BCUT2D eigenvalue weighted by Crippen LogP contribution is -1.89. The Morgan fingerprint density at radius 1 is 0.889 bits per heavy atom. The second-order valence-corrected chi connectivity index (χ2v) is 4.71. The van der Waals surface area contributed by atoms with Crippen molar-refractivity contribution in [2.45, 2.75) is 13.8 Å². The molecule has 0 aliphatic heterocycles. The van der Waals surface area contributed by atoms with Gasteiger partial charge in [0.2, 0.25) is 0 Å². The van der Waals surface area contributed by atoms with Gasteiger partial charge < -0.3 is 0 Å². The molecule has 1 aromatic heterocycles. The molecule has 0 unspecified atom stereocenters. The van der Waals surface area contributed by atoms with Crippen LogP contribution in [-0.4, -0.2) is 4.98 Å². The molecule has 0 saturated heterocycles. The predicted molar refractivity (Wildman–Crippen MR) is 76.7 cm³/mol. The summed E-state index contributed by atoms with van der Waals surface area (Å²) in [5.74, 6) is 0. The predicted octanol–water partition coefficient (Wildman–Crippen LogP) is 4.52. The molecule has 0 spiro atoms. The van der Waals surface area contributed by atoms with Crippen LogP contribution in [0.15, 0.2) is 54.7 Å². The van der Waals surface area contributed by atoms with E-state index >= 15 is 0 Å². The topological polar surface area (TPSA) is 12.9 Å². The molecule has 0 N–H and O–H groups in total. The number of fused-ring (bicyclic) bond motifs is 1. The quantitative estimate of drug-likeness (QED) is 0.602. The van der Waals surface area contributed by atoms with E-state index in [2.05, 4.69) is 61.3 Å². The van der Waals surface area contributed by atoms with Gasteiger partial charge in [-0.2, -0.15) is 0 Å². The molecule has 0 saturated carbocycles. The van der Waals surface area contributed by atoms with E-state index in [0.717, 1.165) is 5.69 Å². The Bertz CT molecular complexity index is 699. The Morgan fingerprint density at radius 3 is 2.44 bits per heavy atom. The number of hydrogen-bond acceptors (Lipinski definition) is 1. The second kappa shape index (κ2) is 4.26. The van der Waals surface area contributed by atoms with Crippen molar-refractivity contribution in [2.75, 3.05) is 0 Å². The van der Waals surface area contributed by atoms with Crippen LogP contribution in [0.4, 0.5) is 0 Å². The summed E-state index contributed by atoms with van der Waals surface area (Å²) in [6, 6.07) is 16.9. The van der Waals surface area contributed by atoms with Gasteiger partial charge in [0.05, 0.1) is 5.69 Å². The fourth-order valence-corrected chi connectivity index (χ4v) is 2.53. The maximum atomic E-state index is 4.57. The molecule has 0 fully saturated rings. The number of rotatable bonds is 1. The number of benzene rings is 2. The van der Waals surface area contributed by atoms with Crippen LogP contribution in [0, 0.1) is 13.8 Å². The van der Waals surface area contributed by atoms with E-state index in [9.17, 15) is 0 Å². The van der Waals surface area contributed by atoms with E-state index in [1.165, 1.54) is 27.5 Å². The van der Waals surface area contributed by atoms with Crippen LogP contribution in [0.3, 0.4) is 0 Å². The summed E-state index contributed by atoms with van der Waals surface area (Å²) in [6.07, 6.45) is 1.89. The second-order valence-electron chi connectivity index (χ2n) is 4.71. The summed E-state index contributed by atoms with van der Waals surface area (Å²) in [5.41, 5.74) is 4.84. The van der Waals surface area contributed by atoms with Crippen molar-refractivity contribution in [3.63, 3.8) is 0 Å². The molecule has 18 heavy (non-hydrogen) atoms. The lowest BCUT2D eigenvalue weighted by Gasteiger charge is -2.09. The van der Waals surface area contributed by atoms with Gasteiger partial charge in [-0.1, -0.05) is 48.0 Å². The van der Waals surface area contributed by atoms with E-state index < -0.39 is 0 Å². The number of pyridine rings is 1. The van der Waals surface area contributed by atoms with Gasteiger partial charge in [0.15, 0.2) is 0 Å². The highest BCUT2D eigenvalue weighted by molar-refractivity contribution is 5.97. The van der Waals surface area contributed by atoms with Gasteiger partial charge in [-0.05, 0) is 30.9 Å². The average molecular weight is 233 g/mol. The molecule has 0 bridgehead atoms. The Balaban J connectivity index is 2.37. The van der Waals surface area contributed by atoms with Crippen molar-refractivity contribution in [2.24, 2.45) is 0 Å². The van der Waals surface area contributed by atoms with Crippen LogP contribution >= 0.6 is 0 Å². The third-order valence-electron chi connectivity index (χ3n) is 3.25. The van der Waals surface area contributed by atoms with Crippen LogP contribution in [-0.2, 0) is 0 Å². The van der Waals surface area contributed by atoms with Crippen LogP contribution in [0.25, 0.3) is 22.0 Å². The van der Waals surface area contributed by atoms with Crippen LogP contribution in [0.1, 0.15) is 11.1 Å². The van der Waals surface area contributed by atoms with Gasteiger partial charge in [-0.15, -0.1) is 0 Å². The molecule has 3 rings (SSSR count). The number of aromatic nitrogens is 1. The first-order valence-corrected chi connectivity index (χ1v) is 6.17. The summed E-state index contributed by atoms with van der Waals surface area (Å²) >= 11 is 0. The zero-order chi connectivity index (χ0) is 12.5. The summed E-state index contributed by atoms with van der Waals surface area (Å²) in [7, 11) is 0. The Labute approximate surface area is 107 Å². The van der Waals surface area contributed by atoms with Gasteiger partial charge in [0, 0.05) is 17.1 Å². The van der Waals surface area contributed by atoms with Crippen molar-refractivity contribution in [3.8, 4) is 11.3 Å². The van der Waals surface area contributed by atoms with Crippen molar-refractivity contribution < 1.29 is 0 Å². The molecule has 2 aromatic carbocycles. The fraction of sp³-hybridized carbons (Fsp3) is 0.118. The largest absolute Gasteiger partial charge is 0.256 e. The summed E-state index contributed by atoms with van der Waals surface area (Å²) in [4.78, 5) is 4.57. The molecule has 3 aromatic rings. The molecule has 88 valence electrons. The van der Waals surface area contributed by atoms with E-state index in [0.29, 0.717) is 0 Å². The molecule has 1 nitrogen and oxygen atoms in total. The molecule has 1 heterocycles. The smallest absolute Gasteiger partial charge is 0.0782 e. The highest BCUT2D eigenvalue weighted by atomic mass is 14.7. The number of aryl methyl sites for hydroxylation is 2. The highest BCUT2D eigenvalue weighted by Crippen LogP contribution is 2.29. The minimum absolute atomic E-state index is 1.07. The highest BCUT2D eigenvalue weighted by Gasteiger charge is 2.07. The van der Waals surface area contributed by atoms with Crippen molar-refractivity contribution >= 4 is 10.8 Å². The fourth-order valence-electron chi connectivity index (χ4n) is 2.53. The van der Waals surface area contributed by atoms with E-state index in [1.807, 2.05) is 12.3 Å². The van der Waals surface area contributed by atoms with E-state index in [4.69, 9.17) is 0 Å². The molecule has 1 heteroatoms. The van der Waals surface area contributed by atoms with E-state index in [1.54, 1.807) is 0 Å². The van der Waals surface area contributed by atoms with Crippen molar-refractivity contribution in [3.05, 3.63) is 65.9 Å². The first kappa shape index (κ1) is 11.0. The van der Waals surface area contributed by atoms with E-state index in [-0.39, 0.29) is 0 Å². The normalized spacial score (nSPS) is 10.8. The Morgan fingerprint density at radius 2 is 1.67 bits per heavy atom. The van der Waals surface area contributed by atoms with Gasteiger partial charge in [-0.25, -0.2) is 0 Å². The Hall–Kier alpha value is -2.15. The first-order chi connectivity index (χ1) is 8.75. The summed E-state index contributed by atoms with van der Waals surface area (Å²) in [6.45, 7) is 4.29. The molecule has 0 amide bonds. The van der Waals surface area contributed by atoms with Gasteiger partial charge in [-0.3, -0.25) is 4.98 Å². The SMILES string of the molecule is Cc1cc(C)c2c(-c3ccccc3)nccc2c1. The van der Waals surface area contributed by atoms with Crippen LogP contribution in [0.5, 0.6) is 0 Å². The first-order valence-electron chi connectivity index (χ1n) is 6.17. The average Bonchev–Trinajstić information content (AvgIpc) is 2.38. The molecular formula is C17H15N. The Kier molecular flexibility index (Phi) is 2.60. The molecular weight excluding hydrogens is 218 g/mol. The van der Waals surface area contributed by atoms with Crippen molar-refractivity contribution in [1.29, 1.82) is 0 Å². The van der Waals surface area contributed by atoms with Crippen LogP contribution in [0.2, 0.25) is 0 Å². The minimum Gasteiger partial charge on any atom is -0.256 e. The van der Waals surface area contributed by atoms with Crippen LogP contribution < -0.4 is 0 Å². The molecule has 0 atom stereocenters. The number of nitrogens with zero attached hydrogens (tertiary/aromatic N) is 1. The standard InChI is InChI=1S/C17H15N/c1-12-10-13(2)16-15(11-12)8-9-18-17(16)14-6-4-3-5-7-14/h3-11H,1-2H3. The molecule has 0 aliphatic rings. The number of hydrogen-bond donors (Lipinski definition) is 0. The third-order valence-corrected chi connectivity index (χ3v) is 3.25. The maximum Gasteiger partial charge on any atom is 0.0782 e. The lowest BCUT2D eigenvalue weighted by molar-refractivity contribution is 1.33. The molecule has 0 radical (unpaired) electrons. The lowest BCUT2D eigenvalue weighted by atomic mass is 9.98.